The second-order valence-corrected chi connectivity index (χ2v) is 6.53. The number of hydrogen-bond acceptors (Lipinski definition) is 3. The fraction of sp³-hybridized carbons (Fsp3) is 0.933. The molecule has 2 rings (SSSR count). The maximum Gasteiger partial charge on any atom is 0.222 e. The third kappa shape index (κ3) is 4.18. The van der Waals surface area contributed by atoms with Crippen LogP contribution >= 0.6 is 0 Å². The molecule has 2 fully saturated rings. The van der Waals surface area contributed by atoms with Gasteiger partial charge in [0.1, 0.15) is 0 Å². The van der Waals surface area contributed by atoms with Crippen molar-refractivity contribution in [2.24, 2.45) is 5.92 Å². The lowest BCUT2D eigenvalue weighted by Gasteiger charge is -2.41. The molecule has 0 aromatic heterocycles. The Balaban J connectivity index is 1.81. The second kappa shape index (κ2) is 6.71. The monoisotopic (exact) mass is 267 g/mol. The van der Waals surface area contributed by atoms with E-state index >= 15 is 0 Å². The van der Waals surface area contributed by atoms with Crippen molar-refractivity contribution < 1.29 is 4.79 Å². The average Bonchev–Trinajstić information content (AvgIpc) is 2.39. The fourth-order valence-electron chi connectivity index (χ4n) is 3.18. The highest BCUT2D eigenvalue weighted by molar-refractivity contribution is 5.78. The van der Waals surface area contributed by atoms with Crippen molar-refractivity contribution in [3.63, 3.8) is 0 Å². The molecule has 0 saturated carbocycles. The lowest BCUT2D eigenvalue weighted by atomic mass is 9.98. The summed E-state index contributed by atoms with van der Waals surface area (Å²) in [5.41, 5.74) is 0. The largest absolute Gasteiger partial charge is 0.352 e. The summed E-state index contributed by atoms with van der Waals surface area (Å²) in [7, 11) is 2.21. The number of carbonyl (C=O) groups excluding carboxylic acids is 1. The van der Waals surface area contributed by atoms with Gasteiger partial charge in [0.2, 0.25) is 5.91 Å². The molecule has 0 spiro atoms. The molecule has 1 atom stereocenters. The number of rotatable bonds is 3. The van der Waals surface area contributed by atoms with Gasteiger partial charge in [-0.15, -0.1) is 0 Å². The summed E-state index contributed by atoms with van der Waals surface area (Å²) in [4.78, 5) is 16.8. The van der Waals surface area contributed by atoms with Crippen LogP contribution in [0.15, 0.2) is 0 Å². The first-order chi connectivity index (χ1) is 9.06. The predicted octanol–water partition coefficient (Wildman–Crippen LogP) is 1.32. The van der Waals surface area contributed by atoms with E-state index in [1.165, 1.54) is 38.9 Å². The van der Waals surface area contributed by atoms with Crippen LogP contribution in [0.25, 0.3) is 0 Å². The van der Waals surface area contributed by atoms with Crippen LogP contribution in [0.4, 0.5) is 0 Å². The van der Waals surface area contributed by atoms with Crippen LogP contribution in [0.1, 0.15) is 39.5 Å². The highest BCUT2D eigenvalue weighted by atomic mass is 16.1. The Hall–Kier alpha value is -0.610. The van der Waals surface area contributed by atoms with Gasteiger partial charge in [0.15, 0.2) is 0 Å². The topological polar surface area (TPSA) is 35.6 Å². The van der Waals surface area contributed by atoms with Crippen LogP contribution in [0.5, 0.6) is 0 Å². The van der Waals surface area contributed by atoms with Crippen LogP contribution in [0, 0.1) is 5.92 Å². The summed E-state index contributed by atoms with van der Waals surface area (Å²) >= 11 is 0. The minimum absolute atomic E-state index is 0.0960. The van der Waals surface area contributed by atoms with Crippen LogP contribution in [0.2, 0.25) is 0 Å². The fourth-order valence-corrected chi connectivity index (χ4v) is 3.18. The maximum atomic E-state index is 11.8. The minimum Gasteiger partial charge on any atom is -0.352 e. The molecule has 2 aliphatic heterocycles. The van der Waals surface area contributed by atoms with Gasteiger partial charge in [0.25, 0.3) is 0 Å². The van der Waals surface area contributed by atoms with Gasteiger partial charge in [-0.05, 0) is 52.4 Å². The Labute approximate surface area is 117 Å². The van der Waals surface area contributed by atoms with Crippen molar-refractivity contribution in [2.45, 2.75) is 51.6 Å². The summed E-state index contributed by atoms with van der Waals surface area (Å²) in [6, 6.07) is 1.10. The number of hydrogen-bond donors (Lipinski definition) is 1. The molecule has 0 aliphatic carbocycles. The van der Waals surface area contributed by atoms with Crippen molar-refractivity contribution >= 4 is 5.91 Å². The van der Waals surface area contributed by atoms with E-state index in [4.69, 9.17) is 0 Å². The van der Waals surface area contributed by atoms with Gasteiger partial charge in [-0.2, -0.15) is 0 Å². The lowest BCUT2D eigenvalue weighted by Crippen LogP contribution is -2.53. The third-order valence-electron chi connectivity index (χ3n) is 4.53. The first kappa shape index (κ1) is 14.8. The van der Waals surface area contributed by atoms with Crippen LogP contribution in [-0.2, 0) is 4.79 Å². The molecule has 1 amide bonds. The Morgan fingerprint density at radius 1 is 1.16 bits per heavy atom. The average molecular weight is 267 g/mol. The molecular weight excluding hydrogens is 238 g/mol. The number of likely N-dealkylation sites (tertiary alicyclic amines) is 2. The van der Waals surface area contributed by atoms with Crippen molar-refractivity contribution in [2.75, 3.05) is 33.2 Å². The first-order valence-electron chi connectivity index (χ1n) is 7.79. The minimum atomic E-state index is 0.0960. The smallest absolute Gasteiger partial charge is 0.222 e. The first-order valence-corrected chi connectivity index (χ1v) is 7.79. The van der Waals surface area contributed by atoms with Crippen molar-refractivity contribution in [3.8, 4) is 0 Å². The van der Waals surface area contributed by atoms with Gasteiger partial charge in [0, 0.05) is 24.5 Å². The highest BCUT2D eigenvalue weighted by Crippen LogP contribution is 2.20. The number of nitrogens with one attached hydrogen (secondary N) is 1. The van der Waals surface area contributed by atoms with Gasteiger partial charge in [0.05, 0.1) is 0 Å². The molecule has 2 heterocycles. The van der Waals surface area contributed by atoms with E-state index in [1.807, 2.05) is 13.8 Å². The van der Waals surface area contributed by atoms with Crippen LogP contribution in [0.3, 0.4) is 0 Å². The van der Waals surface area contributed by atoms with Gasteiger partial charge >= 0.3 is 0 Å². The summed E-state index contributed by atoms with van der Waals surface area (Å²) in [5, 5.41) is 3.21. The zero-order valence-electron chi connectivity index (χ0n) is 12.7. The standard InChI is InChI=1S/C15H29N3O/c1-12(2)15(19)16-13-5-4-8-18(11-13)14-6-9-17(3)10-7-14/h12-14H,4-11H2,1-3H3,(H,16,19). The van der Waals surface area contributed by atoms with E-state index in [9.17, 15) is 4.79 Å². The molecule has 4 heteroatoms. The summed E-state index contributed by atoms with van der Waals surface area (Å²) in [6.07, 6.45) is 4.92. The van der Waals surface area contributed by atoms with E-state index in [-0.39, 0.29) is 11.8 Å². The molecule has 1 N–H and O–H groups in total. The van der Waals surface area contributed by atoms with E-state index in [1.54, 1.807) is 0 Å². The van der Waals surface area contributed by atoms with E-state index < -0.39 is 0 Å². The van der Waals surface area contributed by atoms with E-state index in [0.29, 0.717) is 6.04 Å². The van der Waals surface area contributed by atoms with Gasteiger partial charge < -0.3 is 10.2 Å². The van der Waals surface area contributed by atoms with Crippen molar-refractivity contribution in [1.82, 2.24) is 15.1 Å². The van der Waals surface area contributed by atoms with Crippen LogP contribution < -0.4 is 5.32 Å². The Morgan fingerprint density at radius 3 is 2.47 bits per heavy atom. The molecule has 1 unspecified atom stereocenters. The lowest BCUT2D eigenvalue weighted by molar-refractivity contribution is -0.125. The number of amides is 1. The molecular formula is C15H29N3O. The second-order valence-electron chi connectivity index (χ2n) is 6.53. The summed E-state index contributed by atoms with van der Waals surface area (Å²) in [5.74, 6) is 0.300. The van der Waals surface area contributed by atoms with Gasteiger partial charge in [-0.25, -0.2) is 0 Å². The van der Waals surface area contributed by atoms with Gasteiger partial charge in [-0.1, -0.05) is 13.8 Å². The van der Waals surface area contributed by atoms with E-state index in [0.717, 1.165) is 19.0 Å². The molecule has 2 aliphatic rings. The molecule has 110 valence electrons. The van der Waals surface area contributed by atoms with E-state index in [2.05, 4.69) is 22.2 Å². The number of piperidine rings is 2. The Kier molecular flexibility index (Phi) is 5.22. The maximum absolute atomic E-state index is 11.8. The summed E-state index contributed by atoms with van der Waals surface area (Å²) in [6.45, 7) is 8.61. The molecule has 19 heavy (non-hydrogen) atoms. The summed E-state index contributed by atoms with van der Waals surface area (Å²) < 4.78 is 0. The number of nitrogens with zero attached hydrogens (tertiary/aromatic N) is 2. The van der Waals surface area contributed by atoms with Crippen molar-refractivity contribution in [3.05, 3.63) is 0 Å². The molecule has 4 nitrogen and oxygen atoms in total. The normalized spacial score (nSPS) is 27.7. The number of carbonyl (C=O) groups is 1. The van der Waals surface area contributed by atoms with Crippen LogP contribution in [-0.4, -0.2) is 61.0 Å². The Bertz CT molecular complexity index is 298. The quantitative estimate of drug-likeness (QED) is 0.837. The third-order valence-corrected chi connectivity index (χ3v) is 4.53. The Morgan fingerprint density at radius 2 is 1.84 bits per heavy atom. The zero-order chi connectivity index (χ0) is 13.8. The predicted molar refractivity (Wildman–Crippen MR) is 78.1 cm³/mol. The molecule has 2 saturated heterocycles. The van der Waals surface area contributed by atoms with Gasteiger partial charge in [-0.3, -0.25) is 9.69 Å². The van der Waals surface area contributed by atoms with Crippen molar-refractivity contribution in [1.29, 1.82) is 0 Å². The SMILES string of the molecule is CC(C)C(=O)NC1CCCN(C2CCN(C)CC2)C1. The highest BCUT2D eigenvalue weighted by Gasteiger charge is 2.28. The molecule has 0 aromatic carbocycles. The zero-order valence-corrected chi connectivity index (χ0v) is 12.7. The molecule has 0 bridgehead atoms. The molecule has 0 radical (unpaired) electrons. The molecule has 0 aromatic rings.